The van der Waals surface area contributed by atoms with Crippen LogP contribution < -0.4 is 0 Å². The maximum Gasteiger partial charge on any atom is 0.233 e. The Hall–Kier alpha value is -1.92. The molecule has 1 fully saturated rings. The summed E-state index contributed by atoms with van der Waals surface area (Å²) in [5.41, 5.74) is 2.07. The lowest BCUT2D eigenvalue weighted by Gasteiger charge is -2.34. The summed E-state index contributed by atoms with van der Waals surface area (Å²) in [5.74, 6) is 0.740. The molecule has 2 heterocycles. The number of aliphatic hydroxyl groups excluding tert-OH is 1. The van der Waals surface area contributed by atoms with Gasteiger partial charge in [-0.2, -0.15) is 0 Å². The first kappa shape index (κ1) is 18.9. The molecular formula is C20H25N3O2S. The molecule has 0 aliphatic carbocycles. The molecule has 1 aliphatic heterocycles. The summed E-state index contributed by atoms with van der Waals surface area (Å²) in [6.45, 7) is 3.34. The molecule has 3 rings (SSSR count). The lowest BCUT2D eigenvalue weighted by atomic mass is 9.88. The Morgan fingerprint density at radius 2 is 2.00 bits per heavy atom. The van der Waals surface area contributed by atoms with Crippen molar-refractivity contribution >= 4 is 17.7 Å². The van der Waals surface area contributed by atoms with Gasteiger partial charge in [-0.15, -0.1) is 0 Å². The summed E-state index contributed by atoms with van der Waals surface area (Å²) in [7, 11) is 0. The highest BCUT2D eigenvalue weighted by atomic mass is 32.2. The summed E-state index contributed by atoms with van der Waals surface area (Å²) >= 11 is 1.38. The number of aromatic nitrogens is 2. The number of rotatable bonds is 6. The van der Waals surface area contributed by atoms with Crippen LogP contribution in [0.4, 0.5) is 0 Å². The van der Waals surface area contributed by atoms with Gasteiger partial charge in [0, 0.05) is 25.0 Å². The molecule has 0 bridgehead atoms. The van der Waals surface area contributed by atoms with Crippen LogP contribution in [0.5, 0.6) is 0 Å². The van der Waals surface area contributed by atoms with Crippen molar-refractivity contribution in [2.45, 2.75) is 37.4 Å². The lowest BCUT2D eigenvalue weighted by molar-refractivity contribution is -0.130. The lowest BCUT2D eigenvalue weighted by Crippen LogP contribution is -2.42. The van der Waals surface area contributed by atoms with Crippen molar-refractivity contribution in [3.8, 4) is 0 Å². The third-order valence-corrected chi connectivity index (χ3v) is 5.67. The largest absolute Gasteiger partial charge is 0.392 e. The van der Waals surface area contributed by atoms with E-state index in [-0.39, 0.29) is 17.9 Å². The Bertz CT molecular complexity index is 718. The molecule has 0 radical (unpaired) electrons. The van der Waals surface area contributed by atoms with Crippen molar-refractivity contribution in [2.24, 2.45) is 5.92 Å². The van der Waals surface area contributed by atoms with Gasteiger partial charge in [0.1, 0.15) is 0 Å². The van der Waals surface area contributed by atoms with E-state index in [2.05, 4.69) is 9.97 Å². The Balaban J connectivity index is 1.43. The number of aliphatic hydroxyl groups is 1. The summed E-state index contributed by atoms with van der Waals surface area (Å²) in [4.78, 5) is 22.8. The highest BCUT2D eigenvalue weighted by Gasteiger charge is 2.27. The highest BCUT2D eigenvalue weighted by Crippen LogP contribution is 2.24. The number of likely N-dealkylation sites (tertiary alicyclic amines) is 1. The second-order valence-electron chi connectivity index (χ2n) is 6.74. The van der Waals surface area contributed by atoms with E-state index >= 15 is 0 Å². The number of amides is 1. The predicted octanol–water partition coefficient (Wildman–Crippen LogP) is 2.72. The monoisotopic (exact) mass is 371 g/mol. The third-order valence-electron chi connectivity index (χ3n) is 4.82. The second-order valence-corrected chi connectivity index (χ2v) is 7.69. The maximum atomic E-state index is 12.4. The normalized spacial score (nSPS) is 16.5. The summed E-state index contributed by atoms with van der Waals surface area (Å²) in [5, 5.41) is 11.2. The van der Waals surface area contributed by atoms with Crippen molar-refractivity contribution in [2.75, 3.05) is 18.8 Å². The molecule has 2 aromatic rings. The Labute approximate surface area is 158 Å². The number of nitrogens with zero attached hydrogens (tertiary/aromatic N) is 3. The quantitative estimate of drug-likeness (QED) is 0.625. The van der Waals surface area contributed by atoms with Crippen LogP contribution in [0.2, 0.25) is 0 Å². The maximum absolute atomic E-state index is 12.4. The molecule has 0 saturated carbocycles. The molecule has 1 aromatic heterocycles. The van der Waals surface area contributed by atoms with Crippen molar-refractivity contribution < 1.29 is 9.90 Å². The van der Waals surface area contributed by atoms with Crippen molar-refractivity contribution in [3.05, 3.63) is 53.9 Å². The van der Waals surface area contributed by atoms with Gasteiger partial charge >= 0.3 is 0 Å². The molecule has 1 unspecified atom stereocenters. The first-order valence-corrected chi connectivity index (χ1v) is 10.0. The fraction of sp³-hybridized carbons (Fsp3) is 0.450. The molecule has 1 N–H and O–H groups in total. The van der Waals surface area contributed by atoms with Crippen LogP contribution in [-0.4, -0.2) is 50.8 Å². The standard InChI is InChI=1S/C20H25N3O2S/c1-15-7-10-21-20(22-15)26-14-19(25)23-11-8-17(9-12-23)18(24)13-16-5-3-2-4-6-16/h2-7,10,17-18,24H,8-9,11-14H2,1H3. The van der Waals surface area contributed by atoms with Crippen LogP contribution in [0, 0.1) is 12.8 Å². The van der Waals surface area contributed by atoms with Crippen molar-refractivity contribution in [1.29, 1.82) is 0 Å². The zero-order chi connectivity index (χ0) is 18.4. The topological polar surface area (TPSA) is 66.3 Å². The van der Waals surface area contributed by atoms with Crippen LogP contribution in [0.3, 0.4) is 0 Å². The molecule has 138 valence electrons. The molecule has 1 atom stereocenters. The van der Waals surface area contributed by atoms with Gasteiger partial charge in [-0.3, -0.25) is 4.79 Å². The van der Waals surface area contributed by atoms with Gasteiger partial charge in [0.15, 0.2) is 5.16 Å². The highest BCUT2D eigenvalue weighted by molar-refractivity contribution is 7.99. The minimum Gasteiger partial charge on any atom is -0.392 e. The SMILES string of the molecule is Cc1ccnc(SCC(=O)N2CCC(C(O)Cc3ccccc3)CC2)n1. The minimum atomic E-state index is -0.343. The van der Waals surface area contributed by atoms with Crippen LogP contribution in [0.25, 0.3) is 0 Å². The first-order valence-electron chi connectivity index (χ1n) is 9.04. The van der Waals surface area contributed by atoms with Crippen molar-refractivity contribution in [3.63, 3.8) is 0 Å². The Kier molecular flexibility index (Phi) is 6.63. The first-order chi connectivity index (χ1) is 12.6. The number of carbonyl (C=O) groups is 1. The molecule has 6 heteroatoms. The molecule has 26 heavy (non-hydrogen) atoms. The number of aryl methyl sites for hydroxylation is 1. The summed E-state index contributed by atoms with van der Waals surface area (Å²) in [6, 6.07) is 11.9. The fourth-order valence-electron chi connectivity index (χ4n) is 3.27. The van der Waals surface area contributed by atoms with E-state index in [1.807, 2.05) is 48.2 Å². The van der Waals surface area contributed by atoms with E-state index in [1.54, 1.807) is 6.20 Å². The van der Waals surface area contributed by atoms with E-state index in [4.69, 9.17) is 0 Å². The predicted molar refractivity (Wildman–Crippen MR) is 103 cm³/mol. The van der Waals surface area contributed by atoms with Crippen LogP contribution in [0.15, 0.2) is 47.8 Å². The molecule has 1 aromatic carbocycles. The minimum absolute atomic E-state index is 0.121. The van der Waals surface area contributed by atoms with Crippen molar-refractivity contribution in [1.82, 2.24) is 14.9 Å². The molecule has 1 aliphatic rings. The van der Waals surface area contributed by atoms with Gasteiger partial charge in [0.2, 0.25) is 5.91 Å². The molecular weight excluding hydrogens is 346 g/mol. The second kappa shape index (κ2) is 9.14. The van der Waals surface area contributed by atoms with Gasteiger partial charge in [-0.25, -0.2) is 9.97 Å². The van der Waals surface area contributed by atoms with Gasteiger partial charge in [0.05, 0.1) is 11.9 Å². The molecule has 1 saturated heterocycles. The van der Waals surface area contributed by atoms with E-state index < -0.39 is 0 Å². The van der Waals surface area contributed by atoms with E-state index in [9.17, 15) is 9.90 Å². The zero-order valence-electron chi connectivity index (χ0n) is 15.0. The van der Waals surface area contributed by atoms with E-state index in [0.29, 0.717) is 30.4 Å². The molecule has 1 amide bonds. The number of hydrogen-bond donors (Lipinski definition) is 1. The summed E-state index contributed by atoms with van der Waals surface area (Å²) in [6.07, 6.45) is 3.76. The van der Waals surface area contributed by atoms with Crippen LogP contribution in [0.1, 0.15) is 24.1 Å². The van der Waals surface area contributed by atoms with Crippen LogP contribution >= 0.6 is 11.8 Å². The van der Waals surface area contributed by atoms with E-state index in [0.717, 1.165) is 24.1 Å². The number of benzene rings is 1. The smallest absolute Gasteiger partial charge is 0.233 e. The van der Waals surface area contributed by atoms with E-state index in [1.165, 1.54) is 11.8 Å². The number of thioether (sulfide) groups is 1. The number of hydrogen-bond acceptors (Lipinski definition) is 5. The van der Waals surface area contributed by atoms with Gasteiger partial charge < -0.3 is 10.0 Å². The fourth-order valence-corrected chi connectivity index (χ4v) is 4.05. The number of piperidine rings is 1. The number of carbonyl (C=O) groups excluding carboxylic acids is 1. The average molecular weight is 372 g/mol. The Morgan fingerprint density at radius 3 is 2.69 bits per heavy atom. The zero-order valence-corrected chi connectivity index (χ0v) is 15.9. The third kappa shape index (κ3) is 5.29. The Morgan fingerprint density at radius 1 is 1.27 bits per heavy atom. The van der Waals surface area contributed by atoms with Crippen LogP contribution in [-0.2, 0) is 11.2 Å². The average Bonchev–Trinajstić information content (AvgIpc) is 2.67. The molecule has 5 nitrogen and oxygen atoms in total. The van der Waals surface area contributed by atoms with Gasteiger partial charge in [0.25, 0.3) is 0 Å². The molecule has 0 spiro atoms. The van der Waals surface area contributed by atoms with Gasteiger partial charge in [-0.05, 0) is 43.7 Å². The summed E-state index contributed by atoms with van der Waals surface area (Å²) < 4.78 is 0. The van der Waals surface area contributed by atoms with Gasteiger partial charge in [-0.1, -0.05) is 42.1 Å².